The first-order valence-electron chi connectivity index (χ1n) is 45.8. The number of pyridine rings is 4. The maximum atomic E-state index is 9.11. The standard InChI is InChI=1S/C29H28NO.C28H26NO.C27H26NO.C26H24NO/c1-19-14-28-26(25-15-21-10-6-7-11-22(21)17-29(25)31-28)18-24(19)27-16-23(12-13-30(27)2)20-8-4-3-5-9-20;1-18-13-27-25(24-14-20-9-5-6-10-21(20)16-28(24)30-27)17-23(18)26-15-22(11-12-29(26)2)19-7-3-4-8-19;1-17(2)11-19-9-10-28(4)25(13-19)22-16-24-23-14-20-7-5-6-8-21(20)15-27(23)29-26(24)12-18(22)3;1-16(2)18-9-10-27(4)24(13-18)21-15-23-22-12-19-7-5-6-8-20(19)14-26(22)28-25(23)11-17(21)3/h6-7,10-18,20H,3-5,8-9H2,1-2H3;5-6,9-17,19H,3-4,7-8H2,1-2H3;5-10,12-17H,11H2,1-4H3;5-16H,1-4H3/q4*+1/i20D;19D;11D2;1D3,16D. The lowest BCUT2D eigenvalue weighted by atomic mass is 9.84. The van der Waals surface area contributed by atoms with Crippen LogP contribution < -0.4 is 18.3 Å². The molecule has 12 aromatic carbocycles. The molecule has 0 aliphatic heterocycles. The number of nitrogens with zero attached hydrogens (tertiary/aromatic N) is 4. The van der Waals surface area contributed by atoms with Crippen molar-refractivity contribution in [2.24, 2.45) is 34.1 Å². The van der Waals surface area contributed by atoms with Gasteiger partial charge in [0, 0.05) is 125 Å². The van der Waals surface area contributed by atoms with E-state index in [1.807, 2.05) is 94.3 Å². The van der Waals surface area contributed by atoms with Crippen LogP contribution in [0.2, 0.25) is 0 Å². The monoisotopic (exact) mass is 1550 g/mol. The molecule has 8 heterocycles. The van der Waals surface area contributed by atoms with Crippen molar-refractivity contribution in [3.8, 4) is 45.0 Å². The van der Waals surface area contributed by atoms with Crippen LogP contribution in [-0.2, 0) is 34.6 Å². The highest BCUT2D eigenvalue weighted by Crippen LogP contribution is 2.44. The molecule has 1 unspecified atom stereocenters. The number of hydrogen-bond donors (Lipinski definition) is 0. The number of fused-ring (bicyclic) bond motifs is 16. The zero-order valence-corrected chi connectivity index (χ0v) is 69.3. The van der Waals surface area contributed by atoms with Crippen LogP contribution in [0.25, 0.3) is 176 Å². The minimum absolute atomic E-state index is 0.109. The van der Waals surface area contributed by atoms with Gasteiger partial charge >= 0.3 is 0 Å². The smallest absolute Gasteiger partial charge is 0.212 e. The number of benzene rings is 12. The molecule has 8 nitrogen and oxygen atoms in total. The van der Waals surface area contributed by atoms with Crippen LogP contribution in [0.1, 0.15) is 159 Å². The summed E-state index contributed by atoms with van der Waals surface area (Å²) in [6.07, 6.45) is 16.3. The molecule has 22 rings (SSSR count). The second-order valence-corrected chi connectivity index (χ2v) is 33.4. The maximum Gasteiger partial charge on any atom is 0.212 e. The van der Waals surface area contributed by atoms with Crippen LogP contribution in [0.15, 0.2) is 285 Å². The average molecular weight is 1550 g/mol. The molecule has 0 N–H and O–H groups in total. The fourth-order valence-electron chi connectivity index (χ4n) is 18.3. The molecule has 2 fully saturated rings. The lowest BCUT2D eigenvalue weighted by Crippen LogP contribution is -2.31. The van der Waals surface area contributed by atoms with Gasteiger partial charge in [-0.2, -0.15) is 0 Å². The highest BCUT2D eigenvalue weighted by molar-refractivity contribution is 6.15. The molecule has 20 aromatic rings. The van der Waals surface area contributed by atoms with Gasteiger partial charge in [-0.15, -0.1) is 0 Å². The minimum atomic E-state index is -2.43. The third-order valence-electron chi connectivity index (χ3n) is 24.8. The Balaban J connectivity index is 0.000000110. The van der Waals surface area contributed by atoms with Gasteiger partial charge in [-0.25, -0.2) is 18.3 Å². The number of aromatic nitrogens is 4. The zero-order valence-electron chi connectivity index (χ0n) is 77.3. The maximum absolute atomic E-state index is 9.11. The summed E-state index contributed by atoms with van der Waals surface area (Å²) in [5.74, 6) is -2.71. The minimum Gasteiger partial charge on any atom is -0.456 e. The van der Waals surface area contributed by atoms with Crippen molar-refractivity contribution in [1.82, 2.24) is 0 Å². The molecular weight excluding hydrogens is 1440 g/mol. The Kier molecular flexibility index (Phi) is 17.6. The number of rotatable bonds is 9. The molecule has 0 radical (unpaired) electrons. The molecule has 8 heteroatoms. The van der Waals surface area contributed by atoms with E-state index in [1.54, 1.807) is 6.07 Å². The summed E-state index contributed by atoms with van der Waals surface area (Å²) in [5, 5.41) is 18.3. The second kappa shape index (κ2) is 31.2. The topological polar surface area (TPSA) is 68.1 Å². The summed E-state index contributed by atoms with van der Waals surface area (Å²) in [7, 11) is 8.13. The van der Waals surface area contributed by atoms with E-state index in [-0.39, 0.29) is 5.92 Å². The number of aryl methyl sites for hydroxylation is 8. The van der Waals surface area contributed by atoms with E-state index >= 15 is 0 Å². The number of furan rings is 4. The molecule has 0 spiro atoms. The third-order valence-corrected chi connectivity index (χ3v) is 24.8. The van der Waals surface area contributed by atoms with E-state index in [1.165, 1.54) is 67.9 Å². The van der Waals surface area contributed by atoms with Gasteiger partial charge in [0.1, 0.15) is 72.9 Å². The zero-order chi connectivity index (χ0) is 87.8. The molecule has 2 saturated carbocycles. The van der Waals surface area contributed by atoms with Gasteiger partial charge in [-0.1, -0.05) is 157 Å². The average Bonchev–Trinajstić information content (AvgIpc) is 1.60. The Morgan fingerprint density at radius 3 is 0.924 bits per heavy atom. The highest BCUT2D eigenvalue weighted by Gasteiger charge is 2.27. The Bertz CT molecular complexity index is 7560. The molecule has 2 aliphatic carbocycles. The van der Waals surface area contributed by atoms with E-state index in [9.17, 15) is 0 Å². The van der Waals surface area contributed by atoms with Gasteiger partial charge in [-0.3, -0.25) is 0 Å². The molecule has 0 bridgehead atoms. The van der Waals surface area contributed by atoms with Gasteiger partial charge in [0.25, 0.3) is 0 Å². The van der Waals surface area contributed by atoms with E-state index in [4.69, 9.17) is 28.6 Å². The van der Waals surface area contributed by atoms with Crippen LogP contribution in [-0.4, -0.2) is 0 Å². The fourth-order valence-corrected chi connectivity index (χ4v) is 18.3. The van der Waals surface area contributed by atoms with Gasteiger partial charge < -0.3 is 17.7 Å². The quantitative estimate of drug-likeness (QED) is 0.135. The summed E-state index contributed by atoms with van der Waals surface area (Å²) in [4.78, 5) is 0. The van der Waals surface area contributed by atoms with Crippen molar-refractivity contribution in [2.45, 2.75) is 137 Å². The van der Waals surface area contributed by atoms with Gasteiger partial charge in [0.05, 0.1) is 0 Å². The predicted molar refractivity (Wildman–Crippen MR) is 490 cm³/mol. The lowest BCUT2D eigenvalue weighted by molar-refractivity contribution is -0.660. The van der Waals surface area contributed by atoms with Crippen molar-refractivity contribution in [3.05, 3.63) is 312 Å². The van der Waals surface area contributed by atoms with Crippen LogP contribution in [0.5, 0.6) is 0 Å². The normalized spacial score (nSPS) is 15.8. The first-order chi connectivity index (χ1) is 60.3. The number of hydrogen-bond acceptors (Lipinski definition) is 4. The molecule has 0 amide bonds. The van der Waals surface area contributed by atoms with Gasteiger partial charge in [0.2, 0.25) is 22.8 Å². The van der Waals surface area contributed by atoms with Crippen LogP contribution in [0, 0.1) is 33.6 Å². The lowest BCUT2D eigenvalue weighted by Gasteiger charge is -2.21. The van der Waals surface area contributed by atoms with Crippen LogP contribution >= 0.6 is 0 Å². The van der Waals surface area contributed by atoms with Crippen LogP contribution in [0.4, 0.5) is 0 Å². The summed E-state index contributed by atoms with van der Waals surface area (Å²) < 4.78 is 100. The molecular formula is C110H104N4O4+4. The Morgan fingerprint density at radius 1 is 0.331 bits per heavy atom. The second-order valence-electron chi connectivity index (χ2n) is 33.4. The van der Waals surface area contributed by atoms with Gasteiger partial charge in [0.15, 0.2) is 24.8 Å². The Hall–Kier alpha value is -12.5. The SMILES string of the molecule is [2H]C([2H])([2H])C([2H])(C)c1cc[n+](C)c(-c2cc3c(cc2C)oc2cc4ccccc4cc23)c1.[2H]C([2H])(c1cc[n+](C)c(-c2cc3c(cc2C)oc2cc4ccccc4cc23)c1)C(C)C.[2H]C1(c2cc[n+](C)c(-c3cc4c(cc3C)oc3cc5ccccc5cc34)c2)CCCC1.[2H]C1(c2cc[n+](C)c(-c3cc4c(cc3C)oc3cc5ccccc5cc34)c2)CCCCC1. The van der Waals surface area contributed by atoms with Crippen LogP contribution in [0.3, 0.4) is 0 Å². The van der Waals surface area contributed by atoms with E-state index in [0.717, 1.165) is 206 Å². The molecule has 118 heavy (non-hydrogen) atoms. The first kappa shape index (κ1) is 66.6. The fraction of sp³-hybridized carbons (Fsp3) is 0.236. The molecule has 1 atom stereocenters. The van der Waals surface area contributed by atoms with Gasteiger partial charge in [-0.05, 0) is 268 Å². The van der Waals surface area contributed by atoms with E-state index < -0.39 is 30.9 Å². The largest absolute Gasteiger partial charge is 0.456 e. The third kappa shape index (κ3) is 14.4. The first-order valence-corrected chi connectivity index (χ1v) is 41.8. The Labute approximate surface area is 702 Å². The molecule has 584 valence electrons. The van der Waals surface area contributed by atoms with E-state index in [0.29, 0.717) is 11.1 Å². The summed E-state index contributed by atoms with van der Waals surface area (Å²) in [5.41, 5.74) is 23.8. The van der Waals surface area contributed by atoms with Crippen molar-refractivity contribution < 1.29 is 46.9 Å². The predicted octanol–water partition coefficient (Wildman–Crippen LogP) is 28.2. The van der Waals surface area contributed by atoms with E-state index in [2.05, 4.69) is 255 Å². The van der Waals surface area contributed by atoms with Crippen molar-refractivity contribution >= 4 is 131 Å². The highest BCUT2D eigenvalue weighted by atomic mass is 16.3. The van der Waals surface area contributed by atoms with Crippen molar-refractivity contribution in [1.29, 1.82) is 0 Å². The summed E-state index contributed by atoms with van der Waals surface area (Å²) in [6, 6.07) is 84.2. The summed E-state index contributed by atoms with van der Waals surface area (Å²) in [6.45, 7) is 11.3. The molecule has 8 aromatic heterocycles. The molecule has 0 saturated heterocycles. The van der Waals surface area contributed by atoms with Crippen molar-refractivity contribution in [2.75, 3.05) is 0 Å². The Morgan fingerprint density at radius 2 is 0.602 bits per heavy atom. The summed E-state index contributed by atoms with van der Waals surface area (Å²) >= 11 is 0. The van der Waals surface area contributed by atoms with Crippen molar-refractivity contribution in [3.63, 3.8) is 0 Å². The molecule has 2 aliphatic rings.